The number of H-pyrrole nitrogens is 1. The summed E-state index contributed by atoms with van der Waals surface area (Å²) in [5.41, 5.74) is 5.96. The summed E-state index contributed by atoms with van der Waals surface area (Å²) in [6.07, 6.45) is 6.88. The molecule has 0 spiro atoms. The second-order valence-electron chi connectivity index (χ2n) is 8.66. The molecule has 9 heteroatoms. The SMILES string of the molecule is CCOC(=O)c1csc(Cn2ncc3cc(-c4n[nH]c5c4CCC(C)(C)C5)cnc32)n1. The van der Waals surface area contributed by atoms with E-state index in [1.54, 1.807) is 17.0 Å². The van der Waals surface area contributed by atoms with Crippen LogP contribution in [0.5, 0.6) is 0 Å². The van der Waals surface area contributed by atoms with Gasteiger partial charge in [0.05, 0.1) is 25.0 Å². The number of rotatable bonds is 5. The van der Waals surface area contributed by atoms with Gasteiger partial charge in [-0.25, -0.2) is 19.4 Å². The van der Waals surface area contributed by atoms with Crippen molar-refractivity contribution in [2.45, 2.75) is 46.6 Å². The number of hydrogen-bond acceptors (Lipinski definition) is 7. The number of fused-ring (bicyclic) bond motifs is 2. The fourth-order valence-corrected chi connectivity index (χ4v) is 4.86. The van der Waals surface area contributed by atoms with Crippen LogP contribution in [0.4, 0.5) is 0 Å². The van der Waals surface area contributed by atoms with E-state index in [-0.39, 0.29) is 0 Å². The van der Waals surface area contributed by atoms with Gasteiger partial charge in [-0.2, -0.15) is 10.2 Å². The maximum atomic E-state index is 11.8. The molecule has 4 aromatic heterocycles. The van der Waals surface area contributed by atoms with Crippen molar-refractivity contribution >= 4 is 28.3 Å². The minimum absolute atomic E-state index is 0.309. The Morgan fingerprint density at radius 3 is 3.06 bits per heavy atom. The van der Waals surface area contributed by atoms with Crippen molar-refractivity contribution < 1.29 is 9.53 Å². The van der Waals surface area contributed by atoms with Gasteiger partial charge in [0.25, 0.3) is 0 Å². The van der Waals surface area contributed by atoms with Crippen LogP contribution < -0.4 is 0 Å². The first-order valence-corrected chi connectivity index (χ1v) is 11.3. The number of esters is 1. The highest BCUT2D eigenvalue weighted by Gasteiger charge is 2.29. The van der Waals surface area contributed by atoms with Crippen LogP contribution in [0, 0.1) is 5.41 Å². The maximum Gasteiger partial charge on any atom is 0.357 e. The molecule has 4 aromatic rings. The third-order valence-corrected chi connectivity index (χ3v) is 6.56. The summed E-state index contributed by atoms with van der Waals surface area (Å²) in [5.74, 6) is -0.399. The van der Waals surface area contributed by atoms with Crippen molar-refractivity contribution in [2.24, 2.45) is 5.41 Å². The Morgan fingerprint density at radius 2 is 2.23 bits per heavy atom. The van der Waals surface area contributed by atoms with E-state index in [2.05, 4.69) is 45.2 Å². The summed E-state index contributed by atoms with van der Waals surface area (Å²) in [7, 11) is 0. The molecule has 160 valence electrons. The van der Waals surface area contributed by atoms with Gasteiger partial charge in [0.15, 0.2) is 11.3 Å². The largest absolute Gasteiger partial charge is 0.461 e. The number of nitrogens with zero attached hydrogens (tertiary/aromatic N) is 5. The predicted molar refractivity (Wildman–Crippen MR) is 118 cm³/mol. The smallest absolute Gasteiger partial charge is 0.357 e. The Morgan fingerprint density at radius 1 is 1.35 bits per heavy atom. The molecule has 5 rings (SSSR count). The quantitative estimate of drug-likeness (QED) is 0.475. The van der Waals surface area contributed by atoms with Crippen molar-refractivity contribution in [3.63, 3.8) is 0 Å². The lowest BCUT2D eigenvalue weighted by molar-refractivity contribution is 0.0520. The van der Waals surface area contributed by atoms with Crippen LogP contribution in [-0.2, 0) is 24.1 Å². The lowest BCUT2D eigenvalue weighted by Crippen LogP contribution is -2.21. The van der Waals surface area contributed by atoms with E-state index in [1.165, 1.54) is 22.6 Å². The lowest BCUT2D eigenvalue weighted by atomic mass is 9.76. The molecule has 8 nitrogen and oxygen atoms in total. The molecule has 0 radical (unpaired) electrons. The first-order valence-electron chi connectivity index (χ1n) is 10.4. The van der Waals surface area contributed by atoms with E-state index in [1.807, 2.05) is 12.4 Å². The van der Waals surface area contributed by atoms with E-state index < -0.39 is 5.97 Å². The molecule has 0 saturated heterocycles. The molecule has 0 aromatic carbocycles. The first-order chi connectivity index (χ1) is 14.9. The monoisotopic (exact) mass is 436 g/mol. The minimum Gasteiger partial charge on any atom is -0.461 e. The zero-order valence-corrected chi connectivity index (χ0v) is 18.6. The zero-order valence-electron chi connectivity index (χ0n) is 17.8. The summed E-state index contributed by atoms with van der Waals surface area (Å²) in [6.45, 7) is 7.17. The molecule has 31 heavy (non-hydrogen) atoms. The third-order valence-electron chi connectivity index (χ3n) is 5.73. The van der Waals surface area contributed by atoms with E-state index in [4.69, 9.17) is 4.74 Å². The molecule has 4 heterocycles. The van der Waals surface area contributed by atoms with E-state index in [0.29, 0.717) is 24.3 Å². The van der Waals surface area contributed by atoms with Crippen LogP contribution in [0.15, 0.2) is 23.8 Å². The molecule has 0 aliphatic heterocycles. The standard InChI is InChI=1S/C22H24N6O2S/c1-4-30-21(29)17-12-31-18(25-17)11-28-20-14(10-24-28)7-13(9-23-20)19-15-5-6-22(2,3)8-16(15)26-27-19/h7,9-10,12H,4-6,8,11H2,1-3H3,(H,26,27). The second-order valence-corrected chi connectivity index (χ2v) is 9.60. The molecule has 0 amide bonds. The molecule has 0 bridgehead atoms. The highest BCUT2D eigenvalue weighted by Crippen LogP contribution is 2.38. The van der Waals surface area contributed by atoms with Crippen molar-refractivity contribution in [3.8, 4) is 11.3 Å². The van der Waals surface area contributed by atoms with Crippen LogP contribution in [-0.4, -0.2) is 42.5 Å². The normalized spacial score (nSPS) is 15.2. The van der Waals surface area contributed by atoms with Crippen molar-refractivity contribution in [1.82, 2.24) is 29.9 Å². The van der Waals surface area contributed by atoms with Crippen LogP contribution >= 0.6 is 11.3 Å². The molecular weight excluding hydrogens is 412 g/mol. The zero-order chi connectivity index (χ0) is 21.6. The van der Waals surface area contributed by atoms with Gasteiger partial charge in [-0.1, -0.05) is 13.8 Å². The number of hydrogen-bond donors (Lipinski definition) is 1. The first kappa shape index (κ1) is 19.9. The highest BCUT2D eigenvalue weighted by atomic mass is 32.1. The fourth-order valence-electron chi connectivity index (χ4n) is 4.11. The lowest BCUT2D eigenvalue weighted by Gasteiger charge is -2.29. The Bertz CT molecular complexity index is 1270. The summed E-state index contributed by atoms with van der Waals surface area (Å²) in [6, 6.07) is 2.09. The van der Waals surface area contributed by atoms with Gasteiger partial charge in [-0.05, 0) is 37.7 Å². The maximum absolute atomic E-state index is 11.8. The van der Waals surface area contributed by atoms with Crippen molar-refractivity contribution in [1.29, 1.82) is 0 Å². The summed E-state index contributed by atoms with van der Waals surface area (Å²) in [5, 5.41) is 15.8. The molecule has 1 N–H and O–H groups in total. The van der Waals surface area contributed by atoms with Crippen LogP contribution in [0.3, 0.4) is 0 Å². The number of pyridine rings is 1. The van der Waals surface area contributed by atoms with Gasteiger partial charge in [-0.15, -0.1) is 11.3 Å². The Labute approximate surface area is 183 Å². The van der Waals surface area contributed by atoms with Crippen molar-refractivity contribution in [3.05, 3.63) is 45.8 Å². The molecular formula is C22H24N6O2S. The minimum atomic E-state index is -0.399. The summed E-state index contributed by atoms with van der Waals surface area (Å²) in [4.78, 5) is 20.9. The predicted octanol–water partition coefficient (Wildman–Crippen LogP) is 4.02. The Balaban J connectivity index is 1.40. The van der Waals surface area contributed by atoms with E-state index in [0.717, 1.165) is 46.6 Å². The van der Waals surface area contributed by atoms with Crippen LogP contribution in [0.2, 0.25) is 0 Å². The molecule has 1 aliphatic rings. The molecule has 0 atom stereocenters. The third kappa shape index (κ3) is 3.74. The highest BCUT2D eigenvalue weighted by molar-refractivity contribution is 7.09. The summed E-state index contributed by atoms with van der Waals surface area (Å²) >= 11 is 1.41. The van der Waals surface area contributed by atoms with Gasteiger partial charge >= 0.3 is 5.97 Å². The second kappa shape index (κ2) is 7.56. The average molecular weight is 437 g/mol. The van der Waals surface area contributed by atoms with Gasteiger partial charge in [0.1, 0.15) is 5.01 Å². The molecule has 0 unspecified atom stereocenters. The van der Waals surface area contributed by atoms with E-state index in [9.17, 15) is 4.79 Å². The van der Waals surface area contributed by atoms with Crippen molar-refractivity contribution in [2.75, 3.05) is 6.61 Å². The molecule has 1 aliphatic carbocycles. The number of nitrogens with one attached hydrogen (secondary N) is 1. The van der Waals surface area contributed by atoms with Gasteiger partial charge in [0, 0.05) is 33.8 Å². The Hall–Kier alpha value is -3.07. The number of aromatic nitrogens is 6. The average Bonchev–Trinajstić information content (AvgIpc) is 3.46. The number of carbonyl (C=O) groups is 1. The fraction of sp³-hybridized carbons (Fsp3) is 0.409. The van der Waals surface area contributed by atoms with Gasteiger partial charge in [-0.3, -0.25) is 5.10 Å². The van der Waals surface area contributed by atoms with E-state index >= 15 is 0 Å². The Kier molecular flexibility index (Phi) is 4.85. The number of thiazole rings is 1. The topological polar surface area (TPSA) is 98.6 Å². The van der Waals surface area contributed by atoms with Crippen LogP contribution in [0.25, 0.3) is 22.3 Å². The van der Waals surface area contributed by atoms with Gasteiger partial charge in [0.2, 0.25) is 0 Å². The number of ether oxygens (including phenoxy) is 1. The summed E-state index contributed by atoms with van der Waals surface area (Å²) < 4.78 is 6.81. The molecule has 0 saturated carbocycles. The number of carbonyl (C=O) groups excluding carboxylic acids is 1. The van der Waals surface area contributed by atoms with Crippen LogP contribution in [0.1, 0.15) is 53.9 Å². The number of aromatic amines is 1. The molecule has 0 fully saturated rings. The van der Waals surface area contributed by atoms with Gasteiger partial charge < -0.3 is 4.74 Å².